The molecular weight excluding hydrogens is 312 g/mol. The molecule has 0 spiro atoms. The molecule has 4 nitrogen and oxygen atoms in total. The van der Waals surface area contributed by atoms with Gasteiger partial charge in [-0.2, -0.15) is 0 Å². The predicted molar refractivity (Wildman–Crippen MR) is 103 cm³/mol. The molecule has 0 saturated heterocycles. The Morgan fingerprint density at radius 3 is 2.24 bits per heavy atom. The Morgan fingerprint density at radius 2 is 1.68 bits per heavy atom. The van der Waals surface area contributed by atoms with Crippen LogP contribution in [0.15, 0.2) is 42.5 Å². The van der Waals surface area contributed by atoms with Crippen LogP contribution in [-0.2, 0) is 6.54 Å². The van der Waals surface area contributed by atoms with Crippen molar-refractivity contribution in [1.82, 2.24) is 4.90 Å². The third kappa shape index (κ3) is 4.99. The zero-order valence-corrected chi connectivity index (χ0v) is 15.7. The van der Waals surface area contributed by atoms with Gasteiger partial charge >= 0.3 is 6.03 Å². The Morgan fingerprint density at radius 1 is 1.04 bits per heavy atom. The van der Waals surface area contributed by atoms with Crippen molar-refractivity contribution < 1.29 is 9.90 Å². The highest BCUT2D eigenvalue weighted by Gasteiger charge is 2.14. The quantitative estimate of drug-likeness (QED) is 0.775. The van der Waals surface area contributed by atoms with E-state index in [-0.39, 0.29) is 11.8 Å². The number of aromatic hydroxyl groups is 1. The molecule has 0 aliphatic heterocycles. The molecule has 0 aliphatic rings. The van der Waals surface area contributed by atoms with Crippen molar-refractivity contribution in [3.05, 3.63) is 59.2 Å². The highest BCUT2D eigenvalue weighted by Crippen LogP contribution is 2.28. The second kappa shape index (κ2) is 8.06. The van der Waals surface area contributed by atoms with Gasteiger partial charge in [-0.25, -0.2) is 4.79 Å². The number of phenolic OH excluding ortho intramolecular Hbond substituents is 1. The fraction of sp³-hybridized carbons (Fsp3) is 0.381. The molecule has 0 heterocycles. The number of rotatable bonds is 5. The summed E-state index contributed by atoms with van der Waals surface area (Å²) in [6.45, 7) is 9.09. The van der Waals surface area contributed by atoms with Gasteiger partial charge in [0, 0.05) is 19.3 Å². The first-order chi connectivity index (χ1) is 11.8. The molecule has 134 valence electrons. The fourth-order valence-electron chi connectivity index (χ4n) is 2.69. The van der Waals surface area contributed by atoms with Crippen molar-refractivity contribution in [2.24, 2.45) is 0 Å². The molecule has 2 aromatic rings. The number of anilines is 1. The maximum atomic E-state index is 12.5. The van der Waals surface area contributed by atoms with E-state index in [1.807, 2.05) is 18.2 Å². The van der Waals surface area contributed by atoms with Gasteiger partial charge in [-0.1, -0.05) is 52.0 Å². The summed E-state index contributed by atoms with van der Waals surface area (Å²) >= 11 is 0. The van der Waals surface area contributed by atoms with Crippen LogP contribution in [0.3, 0.4) is 0 Å². The summed E-state index contributed by atoms with van der Waals surface area (Å²) in [5.41, 5.74) is 4.26. The van der Waals surface area contributed by atoms with Gasteiger partial charge in [0.15, 0.2) is 0 Å². The van der Waals surface area contributed by atoms with E-state index < -0.39 is 0 Å². The van der Waals surface area contributed by atoms with Crippen LogP contribution in [-0.4, -0.2) is 23.1 Å². The van der Waals surface area contributed by atoms with Gasteiger partial charge in [-0.05, 0) is 46.7 Å². The molecule has 0 aliphatic carbocycles. The van der Waals surface area contributed by atoms with Crippen molar-refractivity contribution in [2.45, 2.75) is 46.1 Å². The van der Waals surface area contributed by atoms with Crippen molar-refractivity contribution in [3.63, 3.8) is 0 Å². The van der Waals surface area contributed by atoms with Gasteiger partial charge in [-0.3, -0.25) is 0 Å². The molecule has 4 heteroatoms. The van der Waals surface area contributed by atoms with Gasteiger partial charge < -0.3 is 15.3 Å². The van der Waals surface area contributed by atoms with Crippen molar-refractivity contribution >= 4 is 11.7 Å². The highest BCUT2D eigenvalue weighted by molar-refractivity contribution is 5.90. The molecule has 2 aromatic carbocycles. The first kappa shape index (κ1) is 18.8. The average molecular weight is 340 g/mol. The van der Waals surface area contributed by atoms with Gasteiger partial charge in [0.05, 0.1) is 0 Å². The molecular formula is C21H28N2O2. The van der Waals surface area contributed by atoms with Gasteiger partial charge in [-0.15, -0.1) is 0 Å². The maximum absolute atomic E-state index is 12.5. The van der Waals surface area contributed by atoms with Gasteiger partial charge in [0.25, 0.3) is 0 Å². The first-order valence-corrected chi connectivity index (χ1v) is 8.71. The molecule has 0 fully saturated rings. The second-order valence-electron chi connectivity index (χ2n) is 7.11. The number of amides is 2. The molecule has 0 bridgehead atoms. The number of nitrogens with zero attached hydrogens (tertiary/aromatic N) is 1. The minimum absolute atomic E-state index is 0.146. The standard InChI is InChI=1S/C21H28N2O2/c1-14(2)17-8-11-20(19(12-17)15(3)4)22-21(25)23(5)13-16-6-9-18(24)10-7-16/h6-12,14-15,24H,13H2,1-5H3,(H,22,25). The molecule has 2 rings (SSSR count). The molecule has 0 aromatic heterocycles. The van der Waals surface area contributed by atoms with E-state index >= 15 is 0 Å². The Labute approximate surface area is 150 Å². The van der Waals surface area contributed by atoms with E-state index in [9.17, 15) is 9.90 Å². The number of benzene rings is 2. The number of urea groups is 1. The van der Waals surface area contributed by atoms with Crippen LogP contribution in [0.4, 0.5) is 10.5 Å². The zero-order chi connectivity index (χ0) is 18.6. The van der Waals surface area contributed by atoms with E-state index in [1.165, 1.54) is 5.56 Å². The average Bonchev–Trinajstić information content (AvgIpc) is 2.56. The Bertz CT molecular complexity index is 721. The molecule has 0 saturated carbocycles. The Kier molecular flexibility index (Phi) is 6.07. The van der Waals surface area contributed by atoms with E-state index in [0.29, 0.717) is 18.4 Å². The summed E-state index contributed by atoms with van der Waals surface area (Å²) in [5, 5.41) is 12.4. The third-order valence-electron chi connectivity index (χ3n) is 4.31. The zero-order valence-electron chi connectivity index (χ0n) is 15.7. The lowest BCUT2D eigenvalue weighted by atomic mass is 9.94. The van der Waals surface area contributed by atoms with Crippen molar-refractivity contribution in [1.29, 1.82) is 0 Å². The van der Waals surface area contributed by atoms with E-state index in [1.54, 1.807) is 24.1 Å². The monoisotopic (exact) mass is 340 g/mol. The molecule has 2 amide bonds. The summed E-state index contributed by atoms with van der Waals surface area (Å²) < 4.78 is 0. The number of phenols is 1. The van der Waals surface area contributed by atoms with Gasteiger partial charge in [0.2, 0.25) is 0 Å². The maximum Gasteiger partial charge on any atom is 0.321 e. The van der Waals surface area contributed by atoms with Crippen LogP contribution >= 0.6 is 0 Å². The van der Waals surface area contributed by atoms with Crippen LogP contribution in [0.1, 0.15) is 56.2 Å². The SMILES string of the molecule is CC(C)c1ccc(NC(=O)N(C)Cc2ccc(O)cc2)c(C(C)C)c1. The normalized spacial score (nSPS) is 11.0. The topological polar surface area (TPSA) is 52.6 Å². The summed E-state index contributed by atoms with van der Waals surface area (Å²) in [6.07, 6.45) is 0. The lowest BCUT2D eigenvalue weighted by Crippen LogP contribution is -2.31. The van der Waals surface area contributed by atoms with Crippen LogP contribution in [0.5, 0.6) is 5.75 Å². The molecule has 2 N–H and O–H groups in total. The van der Waals surface area contributed by atoms with Crippen LogP contribution in [0, 0.1) is 0 Å². The second-order valence-corrected chi connectivity index (χ2v) is 7.11. The lowest BCUT2D eigenvalue weighted by Gasteiger charge is -2.21. The van der Waals surface area contributed by atoms with Gasteiger partial charge in [0.1, 0.15) is 5.75 Å². The molecule has 25 heavy (non-hydrogen) atoms. The number of hydrogen-bond donors (Lipinski definition) is 2. The number of carbonyl (C=O) groups is 1. The predicted octanol–water partition coefficient (Wildman–Crippen LogP) is 5.30. The van der Waals surface area contributed by atoms with Crippen molar-refractivity contribution in [3.8, 4) is 5.75 Å². The molecule has 0 atom stereocenters. The van der Waals surface area contributed by atoms with E-state index in [2.05, 4.69) is 45.1 Å². The minimum atomic E-state index is -0.146. The largest absolute Gasteiger partial charge is 0.508 e. The minimum Gasteiger partial charge on any atom is -0.508 e. The van der Waals surface area contributed by atoms with E-state index in [0.717, 1.165) is 16.8 Å². The Balaban J connectivity index is 2.12. The van der Waals surface area contributed by atoms with Crippen molar-refractivity contribution in [2.75, 3.05) is 12.4 Å². The van der Waals surface area contributed by atoms with E-state index in [4.69, 9.17) is 0 Å². The molecule has 0 unspecified atom stereocenters. The number of hydrogen-bond acceptors (Lipinski definition) is 2. The van der Waals surface area contributed by atoms with Crippen LogP contribution < -0.4 is 5.32 Å². The summed E-state index contributed by atoms with van der Waals surface area (Å²) in [6, 6.07) is 13.0. The summed E-state index contributed by atoms with van der Waals surface area (Å²) in [4.78, 5) is 14.2. The highest BCUT2D eigenvalue weighted by atomic mass is 16.3. The fourth-order valence-corrected chi connectivity index (χ4v) is 2.69. The lowest BCUT2D eigenvalue weighted by molar-refractivity contribution is 0.220. The summed E-state index contributed by atoms with van der Waals surface area (Å²) in [5.74, 6) is 1.01. The van der Waals surface area contributed by atoms with Crippen LogP contribution in [0.25, 0.3) is 0 Å². The van der Waals surface area contributed by atoms with Crippen LogP contribution in [0.2, 0.25) is 0 Å². The third-order valence-corrected chi connectivity index (χ3v) is 4.31. The first-order valence-electron chi connectivity index (χ1n) is 8.71. The number of nitrogens with one attached hydrogen (secondary N) is 1. The number of carbonyl (C=O) groups excluding carboxylic acids is 1. The molecule has 0 radical (unpaired) electrons. The smallest absolute Gasteiger partial charge is 0.321 e. The summed E-state index contributed by atoms with van der Waals surface area (Å²) in [7, 11) is 1.76. The Hall–Kier alpha value is -2.49.